The average Bonchev–Trinajstić information content (AvgIpc) is 2.67. The fourth-order valence-corrected chi connectivity index (χ4v) is 3.79. The molecule has 2 aromatic carbocycles. The van der Waals surface area contributed by atoms with Crippen LogP contribution in [0.5, 0.6) is 0 Å². The number of pyridine rings is 1. The highest BCUT2D eigenvalue weighted by Gasteiger charge is 2.23. The third-order valence-electron chi connectivity index (χ3n) is 4.43. The fraction of sp³-hybridized carbons (Fsp3) is 0.217. The summed E-state index contributed by atoms with van der Waals surface area (Å²) in [6.45, 7) is 6.06. The number of halogens is 2. The summed E-state index contributed by atoms with van der Waals surface area (Å²) in [7, 11) is 0. The number of nitrogens with zero attached hydrogens (tertiary/aromatic N) is 1. The molecular weight excluding hydrogens is 438 g/mol. The lowest BCUT2D eigenvalue weighted by atomic mass is 9.89. The molecule has 0 aliphatic carbocycles. The molecule has 28 heavy (non-hydrogen) atoms. The monoisotopic (exact) mass is 457 g/mol. The first-order valence-electron chi connectivity index (χ1n) is 9.19. The van der Waals surface area contributed by atoms with Crippen LogP contribution >= 0.6 is 27.5 Å². The molecule has 0 saturated carbocycles. The van der Waals surface area contributed by atoms with Crippen LogP contribution in [0.2, 0.25) is 5.02 Å². The molecule has 3 nitrogen and oxygen atoms in total. The van der Waals surface area contributed by atoms with Crippen molar-refractivity contribution in [3.05, 3.63) is 69.3 Å². The quantitative estimate of drug-likeness (QED) is 0.306. The molecule has 0 N–H and O–H groups in total. The first kappa shape index (κ1) is 20.6. The summed E-state index contributed by atoms with van der Waals surface area (Å²) < 4.78 is 6.29. The van der Waals surface area contributed by atoms with Gasteiger partial charge >= 0.3 is 5.97 Å². The summed E-state index contributed by atoms with van der Waals surface area (Å²) in [5.41, 5.74) is 4.92. The Morgan fingerprint density at radius 3 is 2.54 bits per heavy atom. The molecule has 1 heterocycles. The highest BCUT2D eigenvalue weighted by molar-refractivity contribution is 9.10. The second-order valence-corrected chi connectivity index (χ2v) is 7.71. The van der Waals surface area contributed by atoms with Crippen LogP contribution in [0.4, 0.5) is 0 Å². The fourth-order valence-electron chi connectivity index (χ4n) is 3.30. The van der Waals surface area contributed by atoms with Crippen molar-refractivity contribution in [2.45, 2.75) is 27.2 Å². The van der Waals surface area contributed by atoms with Crippen molar-refractivity contribution in [3.63, 3.8) is 0 Å². The predicted octanol–water partition coefficient (Wildman–Crippen LogP) is 6.98. The summed E-state index contributed by atoms with van der Waals surface area (Å²) in [5.74, 6) is -0.334. The smallest absolute Gasteiger partial charge is 0.338 e. The number of esters is 1. The first-order chi connectivity index (χ1) is 13.5. The van der Waals surface area contributed by atoms with Gasteiger partial charge in [-0.15, -0.1) is 0 Å². The van der Waals surface area contributed by atoms with E-state index in [1.54, 1.807) is 0 Å². The highest BCUT2D eigenvalue weighted by Crippen LogP contribution is 2.38. The molecule has 0 radical (unpaired) electrons. The van der Waals surface area contributed by atoms with E-state index in [1.165, 1.54) is 0 Å². The number of aryl methyl sites for hydroxylation is 1. The zero-order valence-corrected chi connectivity index (χ0v) is 18.4. The number of aromatic nitrogens is 1. The zero-order chi connectivity index (χ0) is 20.3. The Bertz CT molecular complexity index is 1060. The van der Waals surface area contributed by atoms with Crippen molar-refractivity contribution in [3.8, 4) is 11.1 Å². The van der Waals surface area contributed by atoms with E-state index in [0.717, 1.165) is 37.8 Å². The number of benzene rings is 2. The second kappa shape index (κ2) is 8.89. The maximum Gasteiger partial charge on any atom is 0.338 e. The van der Waals surface area contributed by atoms with Crippen LogP contribution in [0.15, 0.2) is 53.0 Å². The Labute approximate surface area is 178 Å². The van der Waals surface area contributed by atoms with Crippen molar-refractivity contribution in [1.82, 2.24) is 4.98 Å². The van der Waals surface area contributed by atoms with Crippen LogP contribution in [-0.4, -0.2) is 17.6 Å². The molecule has 0 aliphatic rings. The maximum atomic E-state index is 12.8. The molecule has 144 valence electrons. The van der Waals surface area contributed by atoms with Crippen molar-refractivity contribution in [2.24, 2.45) is 0 Å². The minimum Gasteiger partial charge on any atom is -0.462 e. The summed E-state index contributed by atoms with van der Waals surface area (Å²) in [6, 6.07) is 13.6. The third kappa shape index (κ3) is 4.13. The van der Waals surface area contributed by atoms with E-state index in [0.29, 0.717) is 23.6 Å². The van der Waals surface area contributed by atoms with Gasteiger partial charge in [0.1, 0.15) is 0 Å². The van der Waals surface area contributed by atoms with Crippen LogP contribution in [0, 0.1) is 6.92 Å². The molecule has 0 unspecified atom stereocenters. The van der Waals surface area contributed by atoms with Gasteiger partial charge in [0, 0.05) is 31.7 Å². The van der Waals surface area contributed by atoms with Crippen molar-refractivity contribution in [1.29, 1.82) is 0 Å². The second-order valence-electron chi connectivity index (χ2n) is 6.36. The largest absolute Gasteiger partial charge is 0.462 e. The standard InChI is InChI=1S/C23H21BrClNO2/c1-4-6-18(23(27)28-5-2)21-14(3)26-20-12-9-16(24)13-19(20)22(21)15-7-10-17(25)11-8-15/h6-13H,4-5H2,1-3H3/b18-6-. The molecule has 3 rings (SSSR count). The van der Waals surface area contributed by atoms with Crippen LogP contribution < -0.4 is 0 Å². The van der Waals surface area contributed by atoms with E-state index in [2.05, 4.69) is 15.9 Å². The topological polar surface area (TPSA) is 39.2 Å². The number of fused-ring (bicyclic) bond motifs is 1. The molecular formula is C23H21BrClNO2. The van der Waals surface area contributed by atoms with E-state index < -0.39 is 0 Å². The van der Waals surface area contributed by atoms with Crippen molar-refractivity contribution in [2.75, 3.05) is 6.61 Å². The first-order valence-corrected chi connectivity index (χ1v) is 10.4. The predicted molar refractivity (Wildman–Crippen MR) is 120 cm³/mol. The summed E-state index contributed by atoms with van der Waals surface area (Å²) >= 11 is 9.67. The summed E-state index contributed by atoms with van der Waals surface area (Å²) in [6.07, 6.45) is 2.62. The zero-order valence-electron chi connectivity index (χ0n) is 16.1. The average molecular weight is 459 g/mol. The minimum atomic E-state index is -0.334. The molecule has 3 aromatic rings. The molecule has 0 atom stereocenters. The Morgan fingerprint density at radius 1 is 1.18 bits per heavy atom. The lowest BCUT2D eigenvalue weighted by Gasteiger charge is -2.18. The van der Waals surface area contributed by atoms with Gasteiger partial charge in [0.2, 0.25) is 0 Å². The highest BCUT2D eigenvalue weighted by atomic mass is 79.9. The Kier molecular flexibility index (Phi) is 6.53. The van der Waals surface area contributed by atoms with E-state index >= 15 is 0 Å². The lowest BCUT2D eigenvalue weighted by Crippen LogP contribution is -2.10. The van der Waals surface area contributed by atoms with Gasteiger partial charge in [-0.05, 0) is 56.2 Å². The van der Waals surface area contributed by atoms with E-state index in [1.807, 2.05) is 69.3 Å². The number of carbonyl (C=O) groups excluding carboxylic acids is 1. The van der Waals surface area contributed by atoms with E-state index in [-0.39, 0.29) is 5.97 Å². The van der Waals surface area contributed by atoms with Gasteiger partial charge < -0.3 is 4.74 Å². The van der Waals surface area contributed by atoms with Gasteiger partial charge in [-0.3, -0.25) is 4.98 Å². The number of hydrogen-bond donors (Lipinski definition) is 0. The number of ether oxygens (including phenoxy) is 1. The third-order valence-corrected chi connectivity index (χ3v) is 5.18. The Balaban J connectivity index is 2.42. The molecule has 0 fully saturated rings. The van der Waals surface area contributed by atoms with Crippen LogP contribution in [0.25, 0.3) is 27.6 Å². The van der Waals surface area contributed by atoms with Crippen molar-refractivity contribution < 1.29 is 9.53 Å². The number of carbonyl (C=O) groups is 1. The van der Waals surface area contributed by atoms with Gasteiger partial charge in [-0.25, -0.2) is 4.79 Å². The Hall–Kier alpha value is -2.17. The molecule has 0 bridgehead atoms. The SMILES string of the molecule is CC/C=C(\C(=O)OCC)c1c(C)nc2ccc(Br)cc2c1-c1ccc(Cl)cc1. The number of allylic oxidation sites excluding steroid dienone is 1. The van der Waals surface area contributed by atoms with Crippen LogP contribution in [-0.2, 0) is 9.53 Å². The molecule has 0 aliphatic heterocycles. The van der Waals surface area contributed by atoms with Crippen molar-refractivity contribution >= 4 is 50.0 Å². The molecule has 1 aromatic heterocycles. The van der Waals surface area contributed by atoms with E-state index in [4.69, 9.17) is 21.3 Å². The summed E-state index contributed by atoms with van der Waals surface area (Å²) in [5, 5.41) is 1.62. The molecule has 0 spiro atoms. The normalized spacial score (nSPS) is 11.7. The minimum absolute atomic E-state index is 0.321. The molecule has 0 amide bonds. The van der Waals surface area contributed by atoms with Gasteiger partial charge in [0.05, 0.1) is 17.7 Å². The van der Waals surface area contributed by atoms with Gasteiger partial charge in [0.25, 0.3) is 0 Å². The van der Waals surface area contributed by atoms with Crippen LogP contribution in [0.1, 0.15) is 31.5 Å². The Morgan fingerprint density at radius 2 is 1.89 bits per heavy atom. The number of hydrogen-bond acceptors (Lipinski definition) is 3. The van der Waals surface area contributed by atoms with Gasteiger partial charge in [0.15, 0.2) is 0 Å². The molecule has 5 heteroatoms. The lowest BCUT2D eigenvalue weighted by molar-refractivity contribution is -0.136. The van der Waals surface area contributed by atoms with Crippen LogP contribution in [0.3, 0.4) is 0 Å². The maximum absolute atomic E-state index is 12.8. The van der Waals surface area contributed by atoms with Gasteiger partial charge in [-0.1, -0.05) is 52.7 Å². The van der Waals surface area contributed by atoms with Gasteiger partial charge in [-0.2, -0.15) is 0 Å². The summed E-state index contributed by atoms with van der Waals surface area (Å²) in [4.78, 5) is 17.5. The van der Waals surface area contributed by atoms with E-state index in [9.17, 15) is 4.79 Å². The number of rotatable bonds is 5. The molecule has 0 saturated heterocycles.